The Morgan fingerprint density at radius 3 is 2.62 bits per heavy atom. The number of hydrogen-bond acceptors (Lipinski definition) is 1. The van der Waals surface area contributed by atoms with E-state index in [9.17, 15) is 0 Å². The molecule has 0 heterocycles. The summed E-state index contributed by atoms with van der Waals surface area (Å²) in [6.45, 7) is 0. The van der Waals surface area contributed by atoms with Crippen molar-refractivity contribution in [3.63, 3.8) is 0 Å². The Labute approximate surface area is 96.5 Å². The maximum absolute atomic E-state index is 7.09. The third-order valence-corrected chi connectivity index (χ3v) is 2.24. The first-order valence-corrected chi connectivity index (χ1v) is 4.53. The molecule has 0 atom stereocenters. The third-order valence-electron chi connectivity index (χ3n) is 1.40. The first-order valence-electron chi connectivity index (χ1n) is 3.36. The normalized spacial score (nSPS) is 9.08. The summed E-state index contributed by atoms with van der Waals surface area (Å²) in [5.74, 6) is 0.124. The van der Waals surface area contributed by atoms with Crippen molar-refractivity contribution in [1.82, 2.24) is 0 Å². The molecule has 5 heteroatoms. The Morgan fingerprint density at radius 2 is 2.15 bits per heavy atom. The van der Waals surface area contributed by atoms with Gasteiger partial charge >= 0.3 is 0 Å². The lowest BCUT2D eigenvalue weighted by molar-refractivity contribution is 1.24. The average molecular weight is 284 g/mol. The second-order valence-electron chi connectivity index (χ2n) is 2.44. The predicted octanol–water partition coefficient (Wildman–Crippen LogP) is 3.00. The second kappa shape index (κ2) is 5.47. The number of nitrogens with two attached hydrogens (primary N) is 1. The SMILES string of the molecule is Cl.N=C(N)Cc1ccc(Br)cc1Cl. The van der Waals surface area contributed by atoms with Gasteiger partial charge in [0.15, 0.2) is 0 Å². The van der Waals surface area contributed by atoms with Gasteiger partial charge in [0.25, 0.3) is 0 Å². The lowest BCUT2D eigenvalue weighted by atomic mass is 10.1. The predicted molar refractivity (Wildman–Crippen MR) is 62.0 cm³/mol. The molecule has 3 N–H and O–H groups in total. The molecule has 0 aliphatic rings. The summed E-state index contributed by atoms with van der Waals surface area (Å²) >= 11 is 9.18. The van der Waals surface area contributed by atoms with Crippen molar-refractivity contribution in [3.05, 3.63) is 33.3 Å². The van der Waals surface area contributed by atoms with Gasteiger partial charge in [-0.1, -0.05) is 33.6 Å². The molecule has 0 saturated carbocycles. The van der Waals surface area contributed by atoms with Gasteiger partial charge in [-0.2, -0.15) is 0 Å². The van der Waals surface area contributed by atoms with E-state index < -0.39 is 0 Å². The number of hydrogen-bond donors (Lipinski definition) is 2. The zero-order valence-corrected chi connectivity index (χ0v) is 9.84. The summed E-state index contributed by atoms with van der Waals surface area (Å²) in [4.78, 5) is 0. The van der Waals surface area contributed by atoms with Crippen LogP contribution in [0.5, 0.6) is 0 Å². The minimum absolute atomic E-state index is 0. The van der Waals surface area contributed by atoms with Crippen LogP contribution in [0.3, 0.4) is 0 Å². The molecule has 1 aromatic rings. The highest BCUT2D eigenvalue weighted by atomic mass is 79.9. The molecule has 0 amide bonds. The molecular weight excluding hydrogens is 275 g/mol. The van der Waals surface area contributed by atoms with E-state index in [2.05, 4.69) is 15.9 Å². The third kappa shape index (κ3) is 3.98. The summed E-state index contributed by atoms with van der Waals surface area (Å²) in [7, 11) is 0. The van der Waals surface area contributed by atoms with Gasteiger partial charge in [-0.05, 0) is 17.7 Å². The van der Waals surface area contributed by atoms with Gasteiger partial charge in [-0.3, -0.25) is 5.41 Å². The molecule has 1 aromatic carbocycles. The topological polar surface area (TPSA) is 49.9 Å². The molecule has 0 spiro atoms. The molecule has 0 aliphatic carbocycles. The number of rotatable bonds is 2. The first-order chi connectivity index (χ1) is 5.59. The van der Waals surface area contributed by atoms with Crippen LogP contribution in [0.2, 0.25) is 5.02 Å². The van der Waals surface area contributed by atoms with E-state index >= 15 is 0 Å². The molecule has 1 rings (SSSR count). The first kappa shape index (κ1) is 12.8. The molecule has 72 valence electrons. The Bertz CT molecular complexity index is 315. The number of benzene rings is 1. The summed E-state index contributed by atoms with van der Waals surface area (Å²) in [5.41, 5.74) is 6.13. The lowest BCUT2D eigenvalue weighted by Crippen LogP contribution is -2.12. The van der Waals surface area contributed by atoms with E-state index in [1.165, 1.54) is 0 Å². The monoisotopic (exact) mass is 282 g/mol. The van der Waals surface area contributed by atoms with Crippen molar-refractivity contribution < 1.29 is 0 Å². The van der Waals surface area contributed by atoms with E-state index in [0.717, 1.165) is 10.0 Å². The van der Waals surface area contributed by atoms with Gasteiger partial charge < -0.3 is 5.73 Å². The van der Waals surface area contributed by atoms with Crippen molar-refractivity contribution in [3.8, 4) is 0 Å². The van der Waals surface area contributed by atoms with E-state index in [1.54, 1.807) is 6.07 Å². The standard InChI is InChI=1S/C8H8BrClN2.ClH/c9-6-2-1-5(3-8(11)12)7(10)4-6;/h1-2,4H,3H2,(H3,11,12);1H. The maximum Gasteiger partial charge on any atom is 0.0950 e. The summed E-state index contributed by atoms with van der Waals surface area (Å²) < 4.78 is 0.930. The van der Waals surface area contributed by atoms with Crippen LogP contribution in [0.25, 0.3) is 0 Å². The fraction of sp³-hybridized carbons (Fsp3) is 0.125. The summed E-state index contributed by atoms with van der Waals surface area (Å²) in [5, 5.41) is 7.73. The molecule has 13 heavy (non-hydrogen) atoms. The molecule has 0 aliphatic heterocycles. The number of amidine groups is 1. The van der Waals surface area contributed by atoms with Crippen LogP contribution in [0.1, 0.15) is 5.56 Å². The van der Waals surface area contributed by atoms with Crippen molar-refractivity contribution in [1.29, 1.82) is 5.41 Å². The van der Waals surface area contributed by atoms with Crippen LogP contribution in [-0.4, -0.2) is 5.84 Å². The Morgan fingerprint density at radius 1 is 1.54 bits per heavy atom. The van der Waals surface area contributed by atoms with Gasteiger partial charge in [-0.15, -0.1) is 12.4 Å². The molecule has 0 bridgehead atoms. The summed E-state index contributed by atoms with van der Waals surface area (Å²) in [6.07, 6.45) is 0.409. The summed E-state index contributed by atoms with van der Waals surface area (Å²) in [6, 6.07) is 5.53. The van der Waals surface area contributed by atoms with E-state index in [0.29, 0.717) is 11.4 Å². The zero-order valence-electron chi connectivity index (χ0n) is 6.68. The number of halogens is 3. The Balaban J connectivity index is 0.00000144. The van der Waals surface area contributed by atoms with Gasteiger partial charge in [0, 0.05) is 15.9 Å². The Kier molecular flexibility index (Phi) is 5.37. The molecule has 0 unspecified atom stereocenters. The highest BCUT2D eigenvalue weighted by molar-refractivity contribution is 9.10. The van der Waals surface area contributed by atoms with Crippen LogP contribution in [0, 0.1) is 5.41 Å². The van der Waals surface area contributed by atoms with Crippen LogP contribution in [0.4, 0.5) is 0 Å². The Hall–Kier alpha value is -0.250. The zero-order chi connectivity index (χ0) is 9.14. The average Bonchev–Trinajstić information content (AvgIpc) is 1.94. The molecule has 0 aromatic heterocycles. The van der Waals surface area contributed by atoms with Gasteiger partial charge in [0.1, 0.15) is 0 Å². The van der Waals surface area contributed by atoms with Crippen molar-refractivity contribution >= 4 is 45.8 Å². The van der Waals surface area contributed by atoms with Crippen LogP contribution in [-0.2, 0) is 6.42 Å². The highest BCUT2D eigenvalue weighted by Gasteiger charge is 2.01. The van der Waals surface area contributed by atoms with Crippen molar-refractivity contribution in [2.75, 3.05) is 0 Å². The van der Waals surface area contributed by atoms with E-state index in [-0.39, 0.29) is 18.2 Å². The van der Waals surface area contributed by atoms with Crippen LogP contribution < -0.4 is 5.73 Å². The molecule has 2 nitrogen and oxygen atoms in total. The van der Waals surface area contributed by atoms with E-state index in [1.807, 2.05) is 12.1 Å². The van der Waals surface area contributed by atoms with Crippen molar-refractivity contribution in [2.24, 2.45) is 5.73 Å². The minimum atomic E-state index is 0. The largest absolute Gasteiger partial charge is 0.387 e. The quantitative estimate of drug-likeness (QED) is 0.636. The molecule has 0 fully saturated rings. The van der Waals surface area contributed by atoms with Gasteiger partial charge in [0.2, 0.25) is 0 Å². The van der Waals surface area contributed by atoms with Crippen molar-refractivity contribution in [2.45, 2.75) is 6.42 Å². The molecule has 0 radical (unpaired) electrons. The molecular formula is C8H9BrCl2N2. The highest BCUT2D eigenvalue weighted by Crippen LogP contribution is 2.21. The fourth-order valence-electron chi connectivity index (χ4n) is 0.870. The fourth-order valence-corrected chi connectivity index (χ4v) is 1.61. The van der Waals surface area contributed by atoms with Crippen LogP contribution >= 0.6 is 39.9 Å². The van der Waals surface area contributed by atoms with Gasteiger partial charge in [-0.25, -0.2) is 0 Å². The van der Waals surface area contributed by atoms with Gasteiger partial charge in [0.05, 0.1) is 5.84 Å². The van der Waals surface area contributed by atoms with Crippen LogP contribution in [0.15, 0.2) is 22.7 Å². The lowest BCUT2D eigenvalue weighted by Gasteiger charge is -2.02. The molecule has 0 saturated heterocycles. The smallest absolute Gasteiger partial charge is 0.0950 e. The maximum atomic E-state index is 7.09. The van der Waals surface area contributed by atoms with E-state index in [4.69, 9.17) is 22.7 Å². The second-order valence-corrected chi connectivity index (χ2v) is 3.76. The number of nitrogens with one attached hydrogen (secondary N) is 1. The minimum Gasteiger partial charge on any atom is -0.387 e.